The zero-order chi connectivity index (χ0) is 12.1. The van der Waals surface area contributed by atoms with Gasteiger partial charge in [0.2, 0.25) is 0 Å². The number of hydrogen-bond donors (Lipinski definition) is 1. The highest BCUT2D eigenvalue weighted by Gasteiger charge is 2.09. The van der Waals surface area contributed by atoms with E-state index in [2.05, 4.69) is 36.2 Å². The van der Waals surface area contributed by atoms with Crippen LogP contribution in [-0.2, 0) is 13.0 Å². The van der Waals surface area contributed by atoms with Crippen LogP contribution < -0.4 is 0 Å². The van der Waals surface area contributed by atoms with Crippen LogP contribution in [0.3, 0.4) is 0 Å². The first kappa shape index (κ1) is 11.8. The molecule has 0 spiro atoms. The van der Waals surface area contributed by atoms with Crippen LogP contribution in [0, 0.1) is 0 Å². The van der Waals surface area contributed by atoms with Crippen molar-refractivity contribution < 1.29 is 5.11 Å². The summed E-state index contributed by atoms with van der Waals surface area (Å²) in [6, 6.07) is 14.4. The number of aliphatic hydroxyl groups is 1. The first-order chi connectivity index (χ1) is 8.31. The largest absolute Gasteiger partial charge is 0.390 e. The Balaban J connectivity index is 2.16. The van der Waals surface area contributed by atoms with Crippen LogP contribution in [0.5, 0.6) is 0 Å². The molecule has 88 valence electrons. The molecule has 2 nitrogen and oxygen atoms in total. The molecule has 0 saturated carbocycles. The number of nitrogens with zero attached hydrogens (tertiary/aromatic N) is 1. The van der Waals surface area contributed by atoms with Gasteiger partial charge in [-0.25, -0.2) is 0 Å². The zero-order valence-electron chi connectivity index (χ0n) is 10.0. The molecule has 2 rings (SSSR count). The van der Waals surface area contributed by atoms with Gasteiger partial charge < -0.3 is 5.11 Å². The Kier molecular flexibility index (Phi) is 3.89. The number of hydrogen-bond acceptors (Lipinski definition) is 2. The summed E-state index contributed by atoms with van der Waals surface area (Å²) in [5.41, 5.74) is 3.24. The van der Waals surface area contributed by atoms with Gasteiger partial charge in [-0.2, -0.15) is 0 Å². The Bertz CT molecular complexity index is 467. The Hall–Kier alpha value is -1.67. The second-order valence-electron chi connectivity index (χ2n) is 4.28. The second-order valence-corrected chi connectivity index (χ2v) is 4.28. The number of rotatable bonds is 4. The van der Waals surface area contributed by atoms with Crippen molar-refractivity contribution in [3.05, 3.63) is 65.5 Å². The van der Waals surface area contributed by atoms with Crippen LogP contribution >= 0.6 is 0 Å². The maximum atomic E-state index is 9.24. The predicted molar refractivity (Wildman–Crippen MR) is 68.7 cm³/mol. The van der Waals surface area contributed by atoms with E-state index in [0.29, 0.717) is 5.92 Å². The third-order valence-corrected chi connectivity index (χ3v) is 3.03. The third-order valence-electron chi connectivity index (χ3n) is 3.03. The highest BCUT2D eigenvalue weighted by molar-refractivity contribution is 5.25. The van der Waals surface area contributed by atoms with Gasteiger partial charge in [0.15, 0.2) is 0 Å². The van der Waals surface area contributed by atoms with E-state index in [4.69, 9.17) is 0 Å². The molecule has 1 aromatic heterocycles. The quantitative estimate of drug-likeness (QED) is 0.871. The standard InChI is InChI=1S/C15H17NO/c1-12(13-6-3-2-4-7-13)10-14-8-5-9-16-15(14)11-17/h2-9,12,17H,10-11H2,1H3. The van der Waals surface area contributed by atoms with Gasteiger partial charge in [-0.15, -0.1) is 0 Å². The zero-order valence-corrected chi connectivity index (χ0v) is 10.0. The first-order valence-corrected chi connectivity index (χ1v) is 5.90. The Morgan fingerprint density at radius 3 is 2.59 bits per heavy atom. The molecule has 1 unspecified atom stereocenters. The van der Waals surface area contributed by atoms with Crippen molar-refractivity contribution in [2.45, 2.75) is 25.9 Å². The molecular weight excluding hydrogens is 210 g/mol. The van der Waals surface area contributed by atoms with Gasteiger partial charge in [0, 0.05) is 6.20 Å². The summed E-state index contributed by atoms with van der Waals surface area (Å²) in [5.74, 6) is 0.436. The highest BCUT2D eigenvalue weighted by Crippen LogP contribution is 2.21. The smallest absolute Gasteiger partial charge is 0.0855 e. The molecule has 0 bridgehead atoms. The third kappa shape index (κ3) is 2.92. The summed E-state index contributed by atoms with van der Waals surface area (Å²) < 4.78 is 0. The van der Waals surface area contributed by atoms with Crippen LogP contribution in [0.4, 0.5) is 0 Å². The van der Waals surface area contributed by atoms with Crippen molar-refractivity contribution >= 4 is 0 Å². The minimum absolute atomic E-state index is 0.0116. The number of aromatic nitrogens is 1. The molecule has 0 saturated heterocycles. The van der Waals surface area contributed by atoms with E-state index >= 15 is 0 Å². The second kappa shape index (κ2) is 5.60. The van der Waals surface area contributed by atoms with Crippen molar-refractivity contribution in [1.82, 2.24) is 4.98 Å². The van der Waals surface area contributed by atoms with E-state index < -0.39 is 0 Å². The lowest BCUT2D eigenvalue weighted by Gasteiger charge is -2.13. The molecular formula is C15H17NO. The van der Waals surface area contributed by atoms with E-state index in [1.807, 2.05) is 18.2 Å². The van der Waals surface area contributed by atoms with E-state index in [9.17, 15) is 5.11 Å². The molecule has 0 radical (unpaired) electrons. The van der Waals surface area contributed by atoms with Crippen LogP contribution in [0.15, 0.2) is 48.7 Å². The lowest BCUT2D eigenvalue weighted by atomic mass is 9.93. The van der Waals surface area contributed by atoms with Crippen molar-refractivity contribution in [2.24, 2.45) is 0 Å². The molecule has 2 aromatic rings. The topological polar surface area (TPSA) is 33.1 Å². The average molecular weight is 227 g/mol. The van der Waals surface area contributed by atoms with Crippen LogP contribution in [0.25, 0.3) is 0 Å². The fourth-order valence-corrected chi connectivity index (χ4v) is 2.03. The fraction of sp³-hybridized carbons (Fsp3) is 0.267. The van der Waals surface area contributed by atoms with Crippen molar-refractivity contribution in [3.63, 3.8) is 0 Å². The molecule has 1 atom stereocenters. The Morgan fingerprint density at radius 2 is 1.88 bits per heavy atom. The average Bonchev–Trinajstić information content (AvgIpc) is 2.40. The molecule has 0 fully saturated rings. The summed E-state index contributed by atoms with van der Waals surface area (Å²) >= 11 is 0. The number of pyridine rings is 1. The minimum Gasteiger partial charge on any atom is -0.390 e. The summed E-state index contributed by atoms with van der Waals surface area (Å²) in [5, 5.41) is 9.24. The van der Waals surface area contributed by atoms with E-state index in [0.717, 1.165) is 17.7 Å². The normalized spacial score (nSPS) is 12.4. The fourth-order valence-electron chi connectivity index (χ4n) is 2.03. The van der Waals surface area contributed by atoms with Crippen molar-refractivity contribution in [2.75, 3.05) is 0 Å². The molecule has 0 aliphatic rings. The van der Waals surface area contributed by atoms with Crippen molar-refractivity contribution in [3.8, 4) is 0 Å². The van der Waals surface area contributed by atoms with E-state index in [-0.39, 0.29) is 6.61 Å². The SMILES string of the molecule is CC(Cc1cccnc1CO)c1ccccc1. The van der Waals surface area contributed by atoms with Gasteiger partial charge in [-0.1, -0.05) is 43.3 Å². The summed E-state index contributed by atoms with van der Waals surface area (Å²) in [6.07, 6.45) is 2.63. The molecule has 17 heavy (non-hydrogen) atoms. The lowest BCUT2D eigenvalue weighted by molar-refractivity contribution is 0.275. The van der Waals surface area contributed by atoms with Crippen LogP contribution in [0.1, 0.15) is 29.7 Å². The van der Waals surface area contributed by atoms with Gasteiger partial charge >= 0.3 is 0 Å². The van der Waals surface area contributed by atoms with E-state index in [1.54, 1.807) is 6.20 Å². The molecule has 1 aromatic carbocycles. The molecule has 0 aliphatic carbocycles. The maximum Gasteiger partial charge on any atom is 0.0855 e. The van der Waals surface area contributed by atoms with E-state index in [1.165, 1.54) is 5.56 Å². The summed E-state index contributed by atoms with van der Waals surface area (Å²) in [6.45, 7) is 2.21. The van der Waals surface area contributed by atoms with Gasteiger partial charge in [-0.05, 0) is 29.5 Å². The molecule has 0 amide bonds. The van der Waals surface area contributed by atoms with Gasteiger partial charge in [-0.3, -0.25) is 4.98 Å². The summed E-state index contributed by atoms with van der Waals surface area (Å²) in [7, 11) is 0. The first-order valence-electron chi connectivity index (χ1n) is 5.90. The molecule has 0 aliphatic heterocycles. The summed E-state index contributed by atoms with van der Waals surface area (Å²) in [4.78, 5) is 4.19. The van der Waals surface area contributed by atoms with Crippen LogP contribution in [-0.4, -0.2) is 10.1 Å². The van der Waals surface area contributed by atoms with Crippen LogP contribution in [0.2, 0.25) is 0 Å². The lowest BCUT2D eigenvalue weighted by Crippen LogP contribution is -2.03. The monoisotopic (exact) mass is 227 g/mol. The van der Waals surface area contributed by atoms with Gasteiger partial charge in [0.25, 0.3) is 0 Å². The molecule has 1 heterocycles. The van der Waals surface area contributed by atoms with Gasteiger partial charge in [0.05, 0.1) is 12.3 Å². The van der Waals surface area contributed by atoms with Crippen molar-refractivity contribution in [1.29, 1.82) is 0 Å². The predicted octanol–water partition coefficient (Wildman–Crippen LogP) is 2.92. The molecule has 2 heteroatoms. The number of aliphatic hydroxyl groups excluding tert-OH is 1. The minimum atomic E-state index is 0.0116. The molecule has 1 N–H and O–H groups in total. The highest BCUT2D eigenvalue weighted by atomic mass is 16.3. The number of benzene rings is 1. The Morgan fingerprint density at radius 1 is 1.12 bits per heavy atom. The maximum absolute atomic E-state index is 9.24. The van der Waals surface area contributed by atoms with Gasteiger partial charge in [0.1, 0.15) is 0 Å². The Labute approximate surface area is 102 Å².